The molecule has 0 aliphatic carbocycles. The summed E-state index contributed by atoms with van der Waals surface area (Å²) in [4.78, 5) is 3.64. The Balaban J connectivity index is 2.16. The van der Waals surface area contributed by atoms with Gasteiger partial charge in [-0.25, -0.2) is 9.55 Å². The first-order valence-electron chi connectivity index (χ1n) is 15.3. The van der Waals surface area contributed by atoms with Gasteiger partial charge in [0.2, 0.25) is 0 Å². The molecule has 0 aliphatic rings. The zero-order valence-electron chi connectivity index (χ0n) is 23.3. The van der Waals surface area contributed by atoms with E-state index < -0.39 is 0 Å². The van der Waals surface area contributed by atoms with Gasteiger partial charge >= 0.3 is 0 Å². The van der Waals surface area contributed by atoms with E-state index in [0.717, 1.165) is 0 Å². The number of H-pyrrole nitrogens is 1. The molecule has 0 bridgehead atoms. The van der Waals surface area contributed by atoms with Crippen LogP contribution in [0.2, 0.25) is 0 Å². The summed E-state index contributed by atoms with van der Waals surface area (Å²) in [5, 5.41) is 0. The van der Waals surface area contributed by atoms with Crippen molar-refractivity contribution >= 4 is 0 Å². The van der Waals surface area contributed by atoms with Crippen LogP contribution in [0.4, 0.5) is 0 Å². The molecule has 0 amide bonds. The quantitative estimate of drug-likeness (QED) is 0.117. The Hall–Kier alpha value is -0.790. The van der Waals surface area contributed by atoms with Crippen LogP contribution in [0.1, 0.15) is 187 Å². The molecule has 1 heterocycles. The summed E-state index contributed by atoms with van der Waals surface area (Å²) in [6.45, 7) is 9.37. The summed E-state index contributed by atoms with van der Waals surface area (Å²) in [6.07, 6.45) is 35.4. The minimum absolute atomic E-state index is 0.624. The molecular formula is C31H61N2+. The fourth-order valence-electron chi connectivity index (χ4n) is 5.35. The molecule has 0 radical (unpaired) electrons. The number of unbranched alkanes of at least 4 members (excludes halogenated alkanes) is 16. The van der Waals surface area contributed by atoms with E-state index >= 15 is 0 Å². The zero-order valence-corrected chi connectivity index (χ0v) is 23.3. The standard InChI is InChI=1S/C31H60N2/c1-5-8-11-12-13-14-15-16-17-18-19-20-21-23-24-29(4)33-28-27-32-31(33)30(25-10-7-3)26-22-9-6-2/h27-30H,5-26H2,1-4H3/p+1. The number of hydrogen-bond acceptors (Lipinski definition) is 0. The Kier molecular flexibility index (Phi) is 19.9. The first-order chi connectivity index (χ1) is 16.2. The highest BCUT2D eigenvalue weighted by Gasteiger charge is 2.25. The van der Waals surface area contributed by atoms with Gasteiger partial charge in [-0.05, 0) is 32.6 Å². The fourth-order valence-corrected chi connectivity index (χ4v) is 5.35. The van der Waals surface area contributed by atoms with Crippen LogP contribution < -0.4 is 4.57 Å². The highest BCUT2D eigenvalue weighted by molar-refractivity contribution is 4.90. The van der Waals surface area contributed by atoms with Crippen molar-refractivity contribution in [2.75, 3.05) is 0 Å². The number of aromatic amines is 1. The van der Waals surface area contributed by atoms with Gasteiger partial charge in [0.15, 0.2) is 0 Å². The van der Waals surface area contributed by atoms with Crippen molar-refractivity contribution in [3.05, 3.63) is 18.2 Å². The van der Waals surface area contributed by atoms with E-state index in [0.29, 0.717) is 12.0 Å². The highest BCUT2D eigenvalue weighted by Crippen LogP contribution is 2.26. The average molecular weight is 462 g/mol. The number of nitrogens with one attached hydrogen (secondary N) is 1. The van der Waals surface area contributed by atoms with Crippen molar-refractivity contribution in [3.63, 3.8) is 0 Å². The van der Waals surface area contributed by atoms with Crippen LogP contribution in [0.25, 0.3) is 0 Å². The summed E-state index contributed by atoms with van der Waals surface area (Å²) in [6, 6.07) is 0.624. The predicted molar refractivity (Wildman–Crippen MR) is 147 cm³/mol. The number of nitrogens with zero attached hydrogens (tertiary/aromatic N) is 1. The number of imidazole rings is 1. The summed E-state index contributed by atoms with van der Waals surface area (Å²) in [5.74, 6) is 2.21. The second kappa shape index (κ2) is 21.7. The molecule has 1 aromatic rings. The zero-order chi connectivity index (χ0) is 24.0. The van der Waals surface area contributed by atoms with Crippen LogP contribution in [-0.2, 0) is 0 Å². The third-order valence-electron chi connectivity index (χ3n) is 7.64. The Bertz CT molecular complexity index is 521. The van der Waals surface area contributed by atoms with Gasteiger partial charge in [0.1, 0.15) is 12.4 Å². The van der Waals surface area contributed by atoms with Gasteiger partial charge in [-0.3, -0.25) is 0 Å². The Morgan fingerprint density at radius 2 is 1.00 bits per heavy atom. The minimum Gasteiger partial charge on any atom is -0.247 e. The first kappa shape index (κ1) is 30.2. The van der Waals surface area contributed by atoms with E-state index in [4.69, 9.17) is 0 Å². The normalized spacial score (nSPS) is 13.5. The molecule has 0 saturated heterocycles. The van der Waals surface area contributed by atoms with Gasteiger partial charge in [-0.1, -0.05) is 136 Å². The third kappa shape index (κ3) is 14.9. The lowest BCUT2D eigenvalue weighted by molar-refractivity contribution is -0.727. The Morgan fingerprint density at radius 1 is 0.576 bits per heavy atom. The van der Waals surface area contributed by atoms with Gasteiger partial charge in [-0.2, -0.15) is 0 Å². The van der Waals surface area contributed by atoms with E-state index in [1.807, 2.05) is 0 Å². The van der Waals surface area contributed by atoms with E-state index in [9.17, 15) is 0 Å². The van der Waals surface area contributed by atoms with Crippen LogP contribution in [0.5, 0.6) is 0 Å². The molecule has 0 spiro atoms. The van der Waals surface area contributed by atoms with Crippen LogP contribution in [0.3, 0.4) is 0 Å². The molecule has 194 valence electrons. The van der Waals surface area contributed by atoms with Crippen LogP contribution in [-0.4, -0.2) is 4.98 Å². The molecule has 1 aromatic heterocycles. The van der Waals surface area contributed by atoms with Crippen LogP contribution in [0.15, 0.2) is 12.4 Å². The largest absolute Gasteiger partial charge is 0.257 e. The minimum atomic E-state index is 0.624. The van der Waals surface area contributed by atoms with Crippen molar-refractivity contribution in [1.82, 2.24) is 4.98 Å². The average Bonchev–Trinajstić information content (AvgIpc) is 3.31. The first-order valence-corrected chi connectivity index (χ1v) is 15.3. The van der Waals surface area contributed by atoms with E-state index in [-0.39, 0.29) is 0 Å². The number of hydrogen-bond donors (Lipinski definition) is 1. The lowest BCUT2D eigenvalue weighted by Gasteiger charge is -2.17. The molecule has 2 unspecified atom stereocenters. The van der Waals surface area contributed by atoms with Gasteiger partial charge in [0.05, 0.1) is 12.0 Å². The molecule has 33 heavy (non-hydrogen) atoms. The number of aromatic nitrogens is 2. The molecule has 2 heteroatoms. The molecule has 0 fully saturated rings. The smallest absolute Gasteiger partial charge is 0.247 e. The predicted octanol–water partition coefficient (Wildman–Crippen LogP) is 10.6. The summed E-state index contributed by atoms with van der Waals surface area (Å²) >= 11 is 0. The molecule has 1 rings (SSSR count). The SMILES string of the molecule is CCCCCCCCCCCCCCCCC(C)[n+]1cc[nH]c1C(CCCC)CCCCC. The third-order valence-corrected chi connectivity index (χ3v) is 7.64. The fraction of sp³-hybridized carbons (Fsp3) is 0.903. The van der Waals surface area contributed by atoms with Gasteiger partial charge in [-0.15, -0.1) is 0 Å². The lowest BCUT2D eigenvalue weighted by atomic mass is 9.94. The highest BCUT2D eigenvalue weighted by atomic mass is 15.1. The van der Waals surface area contributed by atoms with E-state index in [1.54, 1.807) is 0 Å². The number of rotatable bonds is 24. The molecule has 0 aliphatic heterocycles. The monoisotopic (exact) mass is 461 g/mol. The molecule has 0 aromatic carbocycles. The molecule has 0 saturated carbocycles. The topological polar surface area (TPSA) is 19.7 Å². The molecule has 2 nitrogen and oxygen atoms in total. The molecule has 1 N–H and O–H groups in total. The van der Waals surface area contributed by atoms with Gasteiger partial charge in [0.25, 0.3) is 5.82 Å². The van der Waals surface area contributed by atoms with E-state index in [2.05, 4.69) is 49.6 Å². The van der Waals surface area contributed by atoms with Crippen molar-refractivity contribution in [2.24, 2.45) is 0 Å². The van der Waals surface area contributed by atoms with Gasteiger partial charge < -0.3 is 0 Å². The van der Waals surface area contributed by atoms with Crippen molar-refractivity contribution < 1.29 is 4.57 Å². The van der Waals surface area contributed by atoms with Crippen molar-refractivity contribution in [3.8, 4) is 0 Å². The summed E-state index contributed by atoms with van der Waals surface area (Å²) in [7, 11) is 0. The lowest BCUT2D eigenvalue weighted by Crippen LogP contribution is -2.41. The second-order valence-corrected chi connectivity index (χ2v) is 10.8. The Morgan fingerprint density at radius 3 is 1.55 bits per heavy atom. The van der Waals surface area contributed by atoms with Crippen LogP contribution >= 0.6 is 0 Å². The summed E-state index contributed by atoms with van der Waals surface area (Å²) < 4.78 is 2.58. The Labute approximate surface area is 208 Å². The van der Waals surface area contributed by atoms with Crippen molar-refractivity contribution in [2.45, 2.75) is 181 Å². The van der Waals surface area contributed by atoms with E-state index in [1.165, 1.54) is 147 Å². The molecular weight excluding hydrogens is 400 g/mol. The van der Waals surface area contributed by atoms with Gasteiger partial charge in [0, 0.05) is 0 Å². The maximum atomic E-state index is 3.64. The second-order valence-electron chi connectivity index (χ2n) is 10.8. The van der Waals surface area contributed by atoms with Crippen molar-refractivity contribution in [1.29, 1.82) is 0 Å². The summed E-state index contributed by atoms with van der Waals surface area (Å²) in [5.41, 5.74) is 0. The molecule has 2 atom stereocenters. The van der Waals surface area contributed by atoms with Crippen LogP contribution in [0, 0.1) is 0 Å². The maximum absolute atomic E-state index is 3.64. The maximum Gasteiger partial charge on any atom is 0.257 e.